The molecule has 1 unspecified atom stereocenters. The third-order valence-electron chi connectivity index (χ3n) is 5.38. The molecule has 0 saturated heterocycles. The molecule has 37 heavy (non-hydrogen) atoms. The molecule has 1 atom stereocenters. The van der Waals surface area contributed by atoms with Crippen molar-refractivity contribution in [2.24, 2.45) is 0 Å². The fourth-order valence-electron chi connectivity index (χ4n) is 3.61. The van der Waals surface area contributed by atoms with Gasteiger partial charge in [0.05, 0.1) is 11.7 Å². The minimum Gasteiger partial charge on any atom is -0.490 e. The maximum atomic E-state index is 13.4. The molecule has 0 aliphatic rings. The number of anilines is 1. The average molecular weight is 544 g/mol. The van der Waals surface area contributed by atoms with Gasteiger partial charge < -0.3 is 14.2 Å². The van der Waals surface area contributed by atoms with E-state index in [1.54, 1.807) is 21.0 Å². The van der Waals surface area contributed by atoms with E-state index in [-0.39, 0.29) is 30.1 Å². The van der Waals surface area contributed by atoms with Crippen molar-refractivity contribution in [2.45, 2.75) is 32.9 Å². The Morgan fingerprint density at radius 3 is 2.65 bits per heavy atom. The summed E-state index contributed by atoms with van der Waals surface area (Å²) in [4.78, 5) is 44.1. The summed E-state index contributed by atoms with van der Waals surface area (Å²) >= 11 is 2.27. The Kier molecular flexibility index (Phi) is 8.58. The topological polar surface area (TPSA) is 135 Å². The number of thiophene rings is 1. The first-order valence-corrected chi connectivity index (χ1v) is 13.0. The molecule has 0 fully saturated rings. The Morgan fingerprint density at radius 2 is 1.92 bits per heavy atom. The molecular formula is C24H25N5O6S2. The first kappa shape index (κ1) is 26.4. The van der Waals surface area contributed by atoms with Gasteiger partial charge >= 0.3 is 5.97 Å². The zero-order valence-corrected chi connectivity index (χ0v) is 22.1. The predicted octanol–water partition coefficient (Wildman–Crippen LogP) is 3.59. The van der Waals surface area contributed by atoms with Gasteiger partial charge in [0.15, 0.2) is 0 Å². The summed E-state index contributed by atoms with van der Waals surface area (Å²) in [5.74, 6) is -0.301. The molecule has 1 amide bonds. The molecule has 0 bridgehead atoms. The predicted molar refractivity (Wildman–Crippen MR) is 139 cm³/mol. The molecular weight excluding hydrogens is 518 g/mol. The van der Waals surface area contributed by atoms with Gasteiger partial charge in [-0.25, -0.2) is 9.78 Å². The van der Waals surface area contributed by atoms with Crippen LogP contribution >= 0.6 is 22.7 Å². The maximum Gasteiger partial charge on any atom is 0.348 e. The van der Waals surface area contributed by atoms with Crippen LogP contribution in [0.4, 0.5) is 5.13 Å². The largest absolute Gasteiger partial charge is 0.490 e. The molecule has 13 heteroatoms. The van der Waals surface area contributed by atoms with Crippen molar-refractivity contribution in [3.8, 4) is 5.75 Å². The highest BCUT2D eigenvalue weighted by Gasteiger charge is 2.25. The van der Waals surface area contributed by atoms with E-state index in [0.717, 1.165) is 11.3 Å². The number of rotatable bonds is 11. The number of aryl methyl sites for hydroxylation is 1. The standard InChI is InChI=1S/C24H25N5O6S2/c1-4-16(20(30)26-24-28-27-17(36-24)12-33-3)29-13-25-21-18(22(29)31)14(2)19(37-21)23(32)35-11-10-34-15-8-6-5-7-9-15/h5-9,13,16H,4,10-12H2,1-3H3,(H,26,28,30). The maximum absolute atomic E-state index is 13.4. The van der Waals surface area contributed by atoms with Gasteiger partial charge in [0.1, 0.15) is 46.3 Å². The van der Waals surface area contributed by atoms with Crippen molar-refractivity contribution >= 4 is 49.9 Å². The van der Waals surface area contributed by atoms with Gasteiger partial charge in [-0.15, -0.1) is 21.5 Å². The summed E-state index contributed by atoms with van der Waals surface area (Å²) in [7, 11) is 1.54. The molecule has 11 nitrogen and oxygen atoms in total. The van der Waals surface area contributed by atoms with Gasteiger partial charge in [-0.1, -0.05) is 36.5 Å². The Balaban J connectivity index is 1.48. The van der Waals surface area contributed by atoms with Crippen LogP contribution in [-0.2, 0) is 20.9 Å². The number of ether oxygens (including phenoxy) is 3. The summed E-state index contributed by atoms with van der Waals surface area (Å²) < 4.78 is 17.2. The lowest BCUT2D eigenvalue weighted by molar-refractivity contribution is -0.119. The first-order chi connectivity index (χ1) is 17.9. The molecule has 0 spiro atoms. The van der Waals surface area contributed by atoms with Gasteiger partial charge in [0.25, 0.3) is 5.56 Å². The Hall–Kier alpha value is -3.68. The fourth-order valence-corrected chi connectivity index (χ4v) is 5.36. The molecule has 3 heterocycles. The molecule has 1 aromatic carbocycles. The van der Waals surface area contributed by atoms with E-state index in [2.05, 4.69) is 20.5 Å². The van der Waals surface area contributed by atoms with Gasteiger partial charge in [0, 0.05) is 7.11 Å². The number of amides is 1. The smallest absolute Gasteiger partial charge is 0.348 e. The number of hydrogen-bond acceptors (Lipinski definition) is 11. The van der Waals surface area contributed by atoms with Crippen LogP contribution in [0.3, 0.4) is 0 Å². The van der Waals surface area contributed by atoms with Crippen LogP contribution < -0.4 is 15.6 Å². The van der Waals surface area contributed by atoms with Crippen molar-refractivity contribution in [3.63, 3.8) is 0 Å². The lowest BCUT2D eigenvalue weighted by Crippen LogP contribution is -2.33. The van der Waals surface area contributed by atoms with E-state index in [1.807, 2.05) is 30.3 Å². The zero-order chi connectivity index (χ0) is 26.4. The lowest BCUT2D eigenvalue weighted by Gasteiger charge is -2.16. The Labute approximate surface area is 220 Å². The highest BCUT2D eigenvalue weighted by Crippen LogP contribution is 2.28. The number of carbonyl (C=O) groups excluding carboxylic acids is 2. The summed E-state index contributed by atoms with van der Waals surface area (Å²) in [5.41, 5.74) is 0.0500. The highest BCUT2D eigenvalue weighted by atomic mass is 32.1. The minimum atomic E-state index is -0.830. The monoisotopic (exact) mass is 543 g/mol. The van der Waals surface area contributed by atoms with Crippen LogP contribution in [0.25, 0.3) is 10.2 Å². The normalized spacial score (nSPS) is 11.9. The van der Waals surface area contributed by atoms with Gasteiger partial charge in [0.2, 0.25) is 11.0 Å². The first-order valence-electron chi connectivity index (χ1n) is 11.4. The van der Waals surface area contributed by atoms with Crippen LogP contribution in [0.5, 0.6) is 5.75 Å². The van der Waals surface area contributed by atoms with E-state index in [1.165, 1.54) is 22.2 Å². The minimum absolute atomic E-state index is 0.0505. The summed E-state index contributed by atoms with van der Waals surface area (Å²) in [6, 6.07) is 8.37. The summed E-state index contributed by atoms with van der Waals surface area (Å²) in [5, 5.41) is 11.8. The summed E-state index contributed by atoms with van der Waals surface area (Å²) in [6.45, 7) is 3.99. The van der Waals surface area contributed by atoms with E-state index in [0.29, 0.717) is 32.7 Å². The number of aromatic nitrogens is 4. The molecule has 0 radical (unpaired) electrons. The number of para-hydroxylation sites is 1. The molecule has 0 aliphatic heterocycles. The molecule has 194 valence electrons. The second-order valence-corrected chi connectivity index (χ2v) is 9.90. The van der Waals surface area contributed by atoms with E-state index < -0.39 is 23.5 Å². The van der Waals surface area contributed by atoms with Crippen LogP contribution in [0, 0.1) is 6.92 Å². The van der Waals surface area contributed by atoms with Crippen LogP contribution in [0.15, 0.2) is 41.5 Å². The Bertz CT molecular complexity index is 1450. The van der Waals surface area contributed by atoms with Gasteiger partial charge in [-0.2, -0.15) is 0 Å². The van der Waals surface area contributed by atoms with Crippen molar-refractivity contribution < 1.29 is 23.8 Å². The van der Waals surface area contributed by atoms with Gasteiger partial charge in [-0.05, 0) is 31.0 Å². The molecule has 0 aliphatic carbocycles. The number of fused-ring (bicyclic) bond motifs is 1. The average Bonchev–Trinajstić information content (AvgIpc) is 3.48. The van der Waals surface area contributed by atoms with E-state index >= 15 is 0 Å². The highest BCUT2D eigenvalue weighted by molar-refractivity contribution is 7.20. The van der Waals surface area contributed by atoms with Gasteiger partial charge in [-0.3, -0.25) is 19.5 Å². The fraction of sp³-hybridized carbons (Fsp3) is 0.333. The number of nitrogens with zero attached hydrogens (tertiary/aromatic N) is 4. The number of esters is 1. The molecule has 4 aromatic rings. The van der Waals surface area contributed by atoms with Crippen LogP contribution in [0.2, 0.25) is 0 Å². The van der Waals surface area contributed by atoms with Crippen molar-refractivity contribution in [3.05, 3.63) is 62.5 Å². The number of benzene rings is 1. The zero-order valence-electron chi connectivity index (χ0n) is 20.4. The van der Waals surface area contributed by atoms with E-state index in [4.69, 9.17) is 14.2 Å². The quantitative estimate of drug-likeness (QED) is 0.222. The number of methoxy groups -OCH3 is 1. The molecule has 4 rings (SSSR count). The molecule has 1 N–H and O–H groups in total. The van der Waals surface area contributed by atoms with Crippen molar-refractivity contribution in [1.29, 1.82) is 0 Å². The molecule has 3 aromatic heterocycles. The Morgan fingerprint density at radius 1 is 1.14 bits per heavy atom. The second kappa shape index (κ2) is 12.0. The third kappa shape index (κ3) is 6.01. The van der Waals surface area contributed by atoms with Crippen molar-refractivity contribution in [1.82, 2.24) is 19.7 Å². The number of hydrogen-bond donors (Lipinski definition) is 1. The summed E-state index contributed by atoms with van der Waals surface area (Å²) in [6.07, 6.45) is 1.66. The lowest BCUT2D eigenvalue weighted by atomic mass is 10.2. The van der Waals surface area contributed by atoms with Crippen LogP contribution in [-0.4, -0.2) is 51.9 Å². The number of nitrogens with one attached hydrogen (secondary N) is 1. The SMILES string of the molecule is CCC(C(=O)Nc1nnc(COC)s1)n1cnc2sc(C(=O)OCCOc3ccccc3)c(C)c2c1=O. The van der Waals surface area contributed by atoms with Crippen LogP contribution in [0.1, 0.15) is 39.6 Å². The second-order valence-electron chi connectivity index (χ2n) is 7.84. The van der Waals surface area contributed by atoms with E-state index in [9.17, 15) is 14.4 Å². The molecule has 0 saturated carbocycles. The number of carbonyl (C=O) groups is 2. The third-order valence-corrected chi connectivity index (χ3v) is 7.37. The van der Waals surface area contributed by atoms with Crippen molar-refractivity contribution in [2.75, 3.05) is 25.6 Å².